The van der Waals surface area contributed by atoms with Gasteiger partial charge in [-0.1, -0.05) is 65.8 Å². The number of nitrogens with zero attached hydrogens (tertiary/aromatic N) is 2. The zero-order valence-corrected chi connectivity index (χ0v) is 15.4. The molecule has 0 aliphatic carbocycles. The van der Waals surface area contributed by atoms with Crippen molar-refractivity contribution >= 4 is 15.7 Å². The lowest BCUT2D eigenvalue weighted by Crippen LogP contribution is -2.27. The summed E-state index contributed by atoms with van der Waals surface area (Å²) >= 11 is 0. The summed E-state index contributed by atoms with van der Waals surface area (Å²) < 4.78 is 29.9. The Kier molecular flexibility index (Phi) is 5.97. The summed E-state index contributed by atoms with van der Waals surface area (Å²) in [5, 5.41) is 9.74. The number of carbonyl (C=O) groups excluding carboxylic acids is 1. The van der Waals surface area contributed by atoms with E-state index in [1.807, 2.05) is 36.4 Å². The van der Waals surface area contributed by atoms with Crippen LogP contribution < -0.4 is 5.32 Å². The molecule has 0 saturated carbocycles. The summed E-state index contributed by atoms with van der Waals surface area (Å²) in [6.45, 7) is 0.284. The molecule has 1 aromatic heterocycles. The number of hydrogen-bond donors (Lipinski definition) is 1. The lowest BCUT2D eigenvalue weighted by molar-refractivity contribution is -0.120. The first kappa shape index (κ1) is 18.8. The summed E-state index contributed by atoms with van der Waals surface area (Å²) in [6.07, 6.45) is 0.537. The molecule has 27 heavy (non-hydrogen) atoms. The quantitative estimate of drug-likeness (QED) is 0.636. The summed E-state index contributed by atoms with van der Waals surface area (Å²) in [6, 6.07) is 18.2. The Bertz CT molecular complexity index is 986. The molecule has 140 valence electrons. The number of hydrogen-bond acceptors (Lipinski definition) is 6. The van der Waals surface area contributed by atoms with Crippen LogP contribution in [0.4, 0.5) is 0 Å². The average Bonchev–Trinajstić information content (AvgIpc) is 3.13. The van der Waals surface area contributed by atoms with E-state index < -0.39 is 15.1 Å². The summed E-state index contributed by atoms with van der Waals surface area (Å²) in [7, 11) is -3.70. The highest BCUT2D eigenvalue weighted by Crippen LogP contribution is 2.15. The third kappa shape index (κ3) is 5.49. The number of rotatable bonds is 8. The van der Waals surface area contributed by atoms with Crippen molar-refractivity contribution in [3.8, 4) is 0 Å². The van der Waals surface area contributed by atoms with Gasteiger partial charge in [0.2, 0.25) is 21.6 Å². The summed E-state index contributed by atoms with van der Waals surface area (Å²) in [5.41, 5.74) is 1.56. The number of carbonyl (C=O) groups is 1. The molecule has 1 amide bonds. The fraction of sp³-hybridized carbons (Fsp3) is 0.211. The van der Waals surface area contributed by atoms with Gasteiger partial charge in [-0.05, 0) is 11.1 Å². The van der Waals surface area contributed by atoms with Gasteiger partial charge in [-0.15, -0.1) is 5.10 Å². The molecular formula is C19H19N3O4S. The van der Waals surface area contributed by atoms with E-state index in [0.29, 0.717) is 5.56 Å². The fourth-order valence-electron chi connectivity index (χ4n) is 2.47. The first-order chi connectivity index (χ1) is 13.0. The van der Waals surface area contributed by atoms with Crippen LogP contribution in [0.2, 0.25) is 0 Å². The van der Waals surface area contributed by atoms with Gasteiger partial charge in [0.1, 0.15) is 0 Å². The van der Waals surface area contributed by atoms with E-state index in [9.17, 15) is 13.2 Å². The van der Waals surface area contributed by atoms with Crippen LogP contribution in [-0.2, 0) is 33.2 Å². The van der Waals surface area contributed by atoms with Crippen molar-refractivity contribution < 1.29 is 17.6 Å². The highest BCUT2D eigenvalue weighted by atomic mass is 32.2. The third-order valence-electron chi connectivity index (χ3n) is 3.78. The Labute approximate surface area is 157 Å². The predicted molar refractivity (Wildman–Crippen MR) is 98.5 cm³/mol. The van der Waals surface area contributed by atoms with Gasteiger partial charge >= 0.3 is 5.22 Å². The maximum absolute atomic E-state index is 12.3. The fourth-order valence-corrected chi connectivity index (χ4v) is 3.62. The Hall–Kier alpha value is -3.00. The van der Waals surface area contributed by atoms with Crippen LogP contribution in [0.5, 0.6) is 0 Å². The molecule has 0 bridgehead atoms. The molecule has 2 aromatic carbocycles. The average molecular weight is 385 g/mol. The van der Waals surface area contributed by atoms with Crippen LogP contribution in [0.1, 0.15) is 17.0 Å². The minimum Gasteiger partial charge on any atom is -0.412 e. The normalized spacial score (nSPS) is 11.3. The molecule has 1 N–H and O–H groups in total. The zero-order valence-electron chi connectivity index (χ0n) is 14.5. The van der Waals surface area contributed by atoms with Gasteiger partial charge in [0.15, 0.2) is 0 Å². The maximum Gasteiger partial charge on any atom is 0.335 e. The van der Waals surface area contributed by atoms with Gasteiger partial charge < -0.3 is 9.73 Å². The first-order valence-electron chi connectivity index (χ1n) is 8.42. The predicted octanol–water partition coefficient (Wildman–Crippen LogP) is 1.94. The molecule has 8 heteroatoms. The Morgan fingerprint density at radius 2 is 1.56 bits per heavy atom. The van der Waals surface area contributed by atoms with E-state index in [1.54, 1.807) is 24.3 Å². The number of amides is 1. The standard InChI is InChI=1S/C19H19N3O4S/c23-17(13-15-7-3-1-4-8-15)20-12-11-18-21-22-19(26-18)27(24,25)14-16-9-5-2-6-10-16/h1-10H,11-14H2,(H,20,23). The Morgan fingerprint density at radius 1 is 0.926 bits per heavy atom. The monoisotopic (exact) mass is 385 g/mol. The minimum absolute atomic E-state index is 0.127. The van der Waals surface area contributed by atoms with Crippen LogP contribution in [0, 0.1) is 0 Å². The molecular weight excluding hydrogens is 366 g/mol. The Morgan fingerprint density at radius 3 is 2.22 bits per heavy atom. The second-order valence-electron chi connectivity index (χ2n) is 5.97. The van der Waals surface area contributed by atoms with Crippen LogP contribution >= 0.6 is 0 Å². The van der Waals surface area contributed by atoms with E-state index in [-0.39, 0.29) is 36.9 Å². The van der Waals surface area contributed by atoms with Crippen LogP contribution in [0.25, 0.3) is 0 Å². The van der Waals surface area contributed by atoms with Crippen molar-refractivity contribution in [3.05, 3.63) is 77.7 Å². The van der Waals surface area contributed by atoms with Gasteiger partial charge in [0.05, 0.1) is 12.2 Å². The molecule has 0 unspecified atom stereocenters. The number of sulfone groups is 1. The van der Waals surface area contributed by atoms with Crippen molar-refractivity contribution in [1.82, 2.24) is 15.5 Å². The molecule has 0 spiro atoms. The molecule has 0 atom stereocenters. The number of nitrogens with one attached hydrogen (secondary N) is 1. The number of aromatic nitrogens is 2. The first-order valence-corrected chi connectivity index (χ1v) is 10.1. The van der Waals surface area contributed by atoms with E-state index in [4.69, 9.17) is 4.42 Å². The van der Waals surface area contributed by atoms with Gasteiger partial charge in [0, 0.05) is 13.0 Å². The summed E-state index contributed by atoms with van der Waals surface area (Å²) in [5.74, 6) is -0.164. The van der Waals surface area contributed by atoms with Crippen LogP contribution in [0.15, 0.2) is 70.3 Å². The van der Waals surface area contributed by atoms with E-state index in [1.165, 1.54) is 0 Å². The van der Waals surface area contributed by atoms with Crippen LogP contribution in [0.3, 0.4) is 0 Å². The molecule has 0 aliphatic rings. The summed E-state index contributed by atoms with van der Waals surface area (Å²) in [4.78, 5) is 11.9. The minimum atomic E-state index is -3.70. The molecule has 3 rings (SSSR count). The molecule has 1 heterocycles. The smallest absolute Gasteiger partial charge is 0.335 e. The van der Waals surface area contributed by atoms with E-state index >= 15 is 0 Å². The lowest BCUT2D eigenvalue weighted by Gasteiger charge is -2.03. The zero-order chi connectivity index (χ0) is 19.1. The highest BCUT2D eigenvalue weighted by molar-refractivity contribution is 7.90. The van der Waals surface area contributed by atoms with Crippen molar-refractivity contribution in [2.45, 2.75) is 23.8 Å². The molecule has 3 aromatic rings. The largest absolute Gasteiger partial charge is 0.412 e. The topological polar surface area (TPSA) is 102 Å². The molecule has 0 fully saturated rings. The molecule has 0 saturated heterocycles. The van der Waals surface area contributed by atoms with Crippen molar-refractivity contribution in [3.63, 3.8) is 0 Å². The highest BCUT2D eigenvalue weighted by Gasteiger charge is 2.22. The van der Waals surface area contributed by atoms with Crippen LogP contribution in [-0.4, -0.2) is 31.1 Å². The third-order valence-corrected chi connectivity index (χ3v) is 5.19. The SMILES string of the molecule is O=C(Cc1ccccc1)NCCc1nnc(S(=O)(=O)Cc2ccccc2)o1. The van der Waals surface area contributed by atoms with Gasteiger partial charge in [0.25, 0.3) is 0 Å². The molecule has 0 aliphatic heterocycles. The Balaban J connectivity index is 1.51. The van der Waals surface area contributed by atoms with Gasteiger partial charge in [-0.2, -0.15) is 0 Å². The van der Waals surface area contributed by atoms with Crippen molar-refractivity contribution in [2.24, 2.45) is 0 Å². The second-order valence-corrected chi connectivity index (χ2v) is 7.84. The molecule has 7 nitrogen and oxygen atoms in total. The van der Waals surface area contributed by atoms with Gasteiger partial charge in [-0.3, -0.25) is 4.79 Å². The van der Waals surface area contributed by atoms with E-state index in [0.717, 1.165) is 5.56 Å². The van der Waals surface area contributed by atoms with Gasteiger partial charge in [-0.25, -0.2) is 8.42 Å². The number of benzene rings is 2. The lowest BCUT2D eigenvalue weighted by atomic mass is 10.1. The second kappa shape index (κ2) is 8.59. The van der Waals surface area contributed by atoms with Crippen molar-refractivity contribution in [1.29, 1.82) is 0 Å². The molecule has 0 radical (unpaired) electrons. The van der Waals surface area contributed by atoms with Crippen molar-refractivity contribution in [2.75, 3.05) is 6.54 Å². The maximum atomic E-state index is 12.3. The van der Waals surface area contributed by atoms with E-state index in [2.05, 4.69) is 15.5 Å².